The number of pyridine rings is 1. The lowest BCUT2D eigenvalue weighted by Crippen LogP contribution is -2.41. The van der Waals surface area contributed by atoms with Crippen LogP contribution in [0.5, 0.6) is 5.75 Å². The molecule has 1 amide bonds. The second-order valence-corrected chi connectivity index (χ2v) is 10.9. The number of fused-ring (bicyclic) bond motifs is 1. The molecule has 0 unspecified atom stereocenters. The average Bonchev–Trinajstić information content (AvgIpc) is 3.74. The number of nitrogens with one attached hydrogen (secondary N) is 2. The molecule has 9 heteroatoms. The molecule has 3 aromatic rings. The maximum Gasteiger partial charge on any atom is 0.256 e. The van der Waals surface area contributed by atoms with Gasteiger partial charge in [0.05, 0.1) is 10.5 Å². The first kappa shape index (κ1) is 26.6. The van der Waals surface area contributed by atoms with Gasteiger partial charge in [0.1, 0.15) is 29.6 Å². The molecule has 0 saturated heterocycles. The van der Waals surface area contributed by atoms with Gasteiger partial charge in [-0.15, -0.1) is 0 Å². The first-order valence-electron chi connectivity index (χ1n) is 13.2. The molecule has 2 saturated carbocycles. The van der Waals surface area contributed by atoms with Crippen LogP contribution in [0.3, 0.4) is 0 Å². The molecule has 2 N–H and O–H groups in total. The quantitative estimate of drug-likeness (QED) is 0.348. The number of aryl methyl sites for hydroxylation is 1. The first-order chi connectivity index (χ1) is 18.3. The number of hydrogen-bond acceptors (Lipinski definition) is 4. The Labute approximate surface area is 225 Å². The summed E-state index contributed by atoms with van der Waals surface area (Å²) in [5.41, 5.74) is 0.724. The minimum atomic E-state index is -0.668. The molecule has 0 aliphatic heterocycles. The predicted octanol–water partition coefficient (Wildman–Crippen LogP) is 5.53. The van der Waals surface area contributed by atoms with Crippen LogP contribution in [-0.2, 0) is 0 Å². The Morgan fingerprint density at radius 3 is 2.55 bits per heavy atom. The standard InChI is InChI=1S/C29H32ClF2N3O3/c1-17-2-9-21(12-25(17)31)38-11-10-33-15-18-3-5-19(6-4-18)34-29(37)23-16-35(20-7-8-20)27-14-24(30)26(32)13-22(27)28(23)36/h2,9,12-14,16,18-20,33H,3-8,10-11,15H2,1H3,(H,34,37). The van der Waals surface area contributed by atoms with Crippen LogP contribution >= 0.6 is 11.6 Å². The van der Waals surface area contributed by atoms with Gasteiger partial charge in [-0.3, -0.25) is 9.59 Å². The number of amides is 1. The third-order valence-corrected chi connectivity index (χ3v) is 7.85. The van der Waals surface area contributed by atoms with Gasteiger partial charge in [-0.2, -0.15) is 0 Å². The number of carbonyl (C=O) groups is 1. The zero-order chi connectivity index (χ0) is 26.8. The summed E-state index contributed by atoms with van der Waals surface area (Å²) in [5, 5.41) is 6.57. The van der Waals surface area contributed by atoms with Crippen molar-refractivity contribution in [2.75, 3.05) is 19.7 Å². The van der Waals surface area contributed by atoms with Crippen molar-refractivity contribution in [1.82, 2.24) is 15.2 Å². The number of aromatic nitrogens is 1. The van der Waals surface area contributed by atoms with E-state index in [9.17, 15) is 18.4 Å². The molecule has 0 atom stereocenters. The number of nitrogens with zero attached hydrogens (tertiary/aromatic N) is 1. The number of hydrogen-bond donors (Lipinski definition) is 2. The molecule has 1 aromatic heterocycles. The van der Waals surface area contributed by atoms with E-state index in [1.54, 1.807) is 25.3 Å². The first-order valence-corrected chi connectivity index (χ1v) is 13.6. The normalized spacial score (nSPS) is 19.5. The molecule has 2 aliphatic rings. The summed E-state index contributed by atoms with van der Waals surface area (Å²) in [5.74, 6) is -0.338. The maximum atomic E-state index is 14.1. The molecule has 1 heterocycles. The maximum absolute atomic E-state index is 14.1. The Bertz CT molecular complexity index is 1400. The molecule has 5 rings (SSSR count). The summed E-state index contributed by atoms with van der Waals surface area (Å²) in [6.07, 6.45) is 7.06. The van der Waals surface area contributed by atoms with Crippen LogP contribution in [0.2, 0.25) is 5.02 Å². The van der Waals surface area contributed by atoms with E-state index in [-0.39, 0.29) is 33.9 Å². The fourth-order valence-corrected chi connectivity index (χ4v) is 5.30. The van der Waals surface area contributed by atoms with E-state index < -0.39 is 17.2 Å². The van der Waals surface area contributed by atoms with E-state index >= 15 is 0 Å². The van der Waals surface area contributed by atoms with Crippen LogP contribution in [0.4, 0.5) is 8.78 Å². The van der Waals surface area contributed by atoms with Gasteiger partial charge in [0.25, 0.3) is 5.91 Å². The number of carbonyl (C=O) groups excluding carboxylic acids is 1. The van der Waals surface area contributed by atoms with E-state index in [1.807, 2.05) is 4.57 Å². The highest BCUT2D eigenvalue weighted by molar-refractivity contribution is 6.31. The van der Waals surface area contributed by atoms with E-state index in [0.717, 1.165) is 51.1 Å². The molecule has 6 nitrogen and oxygen atoms in total. The van der Waals surface area contributed by atoms with Crippen molar-refractivity contribution in [2.45, 2.75) is 57.5 Å². The minimum Gasteiger partial charge on any atom is -0.492 e. The number of benzene rings is 2. The molecule has 0 radical (unpaired) electrons. The summed E-state index contributed by atoms with van der Waals surface area (Å²) in [4.78, 5) is 26.2. The zero-order valence-corrected chi connectivity index (χ0v) is 22.1. The molecule has 0 spiro atoms. The largest absolute Gasteiger partial charge is 0.492 e. The van der Waals surface area contributed by atoms with Crippen molar-refractivity contribution >= 4 is 28.4 Å². The van der Waals surface area contributed by atoms with Gasteiger partial charge in [0.15, 0.2) is 0 Å². The van der Waals surface area contributed by atoms with Gasteiger partial charge in [-0.05, 0) is 81.7 Å². The third kappa shape index (κ3) is 6.02. The second kappa shape index (κ2) is 11.4. The number of rotatable bonds is 9. The zero-order valence-electron chi connectivity index (χ0n) is 21.4. The van der Waals surface area contributed by atoms with Crippen LogP contribution in [-0.4, -0.2) is 36.2 Å². The molecular formula is C29H32ClF2N3O3. The van der Waals surface area contributed by atoms with Crippen LogP contribution in [0.25, 0.3) is 10.9 Å². The highest BCUT2D eigenvalue weighted by Gasteiger charge is 2.29. The van der Waals surface area contributed by atoms with Crippen molar-refractivity contribution in [3.8, 4) is 5.75 Å². The number of halogens is 3. The summed E-state index contributed by atoms with van der Waals surface area (Å²) in [7, 11) is 0. The third-order valence-electron chi connectivity index (χ3n) is 7.56. The van der Waals surface area contributed by atoms with Gasteiger partial charge >= 0.3 is 0 Å². The summed E-state index contributed by atoms with van der Waals surface area (Å²) in [6.45, 7) is 3.67. The SMILES string of the molecule is Cc1ccc(OCCNCC2CCC(NC(=O)c3cn(C4CC4)c4cc(Cl)c(F)cc4c3=O)CC2)cc1F. The van der Waals surface area contributed by atoms with Crippen LogP contribution in [0, 0.1) is 24.5 Å². The molecule has 2 aliphatic carbocycles. The van der Waals surface area contributed by atoms with Crippen LogP contribution in [0.15, 0.2) is 41.3 Å². The lowest BCUT2D eigenvalue weighted by Gasteiger charge is -2.29. The van der Waals surface area contributed by atoms with E-state index in [2.05, 4.69) is 10.6 Å². The van der Waals surface area contributed by atoms with Gasteiger partial charge < -0.3 is 19.9 Å². The van der Waals surface area contributed by atoms with Gasteiger partial charge in [0, 0.05) is 36.3 Å². The highest BCUT2D eigenvalue weighted by atomic mass is 35.5. The molecule has 0 bridgehead atoms. The predicted molar refractivity (Wildman–Crippen MR) is 144 cm³/mol. The Hall–Kier alpha value is -2.97. The minimum absolute atomic E-state index is 0.00931. The van der Waals surface area contributed by atoms with Crippen LogP contribution < -0.4 is 20.8 Å². The van der Waals surface area contributed by atoms with Crippen LogP contribution in [0.1, 0.15) is 60.5 Å². The lowest BCUT2D eigenvalue weighted by molar-refractivity contribution is 0.0920. The Morgan fingerprint density at radius 2 is 1.84 bits per heavy atom. The van der Waals surface area contributed by atoms with Crippen molar-refractivity contribution in [1.29, 1.82) is 0 Å². The second-order valence-electron chi connectivity index (χ2n) is 10.4. The smallest absolute Gasteiger partial charge is 0.256 e. The number of ether oxygens (including phenoxy) is 1. The monoisotopic (exact) mass is 543 g/mol. The van der Waals surface area contributed by atoms with Crippen molar-refractivity contribution in [2.24, 2.45) is 5.92 Å². The van der Waals surface area contributed by atoms with Gasteiger partial charge in [-0.25, -0.2) is 8.78 Å². The van der Waals surface area contributed by atoms with E-state index in [0.29, 0.717) is 35.9 Å². The molecule has 2 aromatic carbocycles. The Kier molecular flexibility index (Phi) is 8.00. The topological polar surface area (TPSA) is 72.4 Å². The van der Waals surface area contributed by atoms with Crippen molar-refractivity contribution in [3.63, 3.8) is 0 Å². The fourth-order valence-electron chi connectivity index (χ4n) is 5.15. The summed E-state index contributed by atoms with van der Waals surface area (Å²) in [6, 6.07) is 7.66. The Morgan fingerprint density at radius 1 is 1.08 bits per heavy atom. The Balaban J connectivity index is 1.11. The van der Waals surface area contributed by atoms with Crippen molar-refractivity contribution < 1.29 is 18.3 Å². The van der Waals surface area contributed by atoms with Gasteiger partial charge in [0.2, 0.25) is 5.43 Å². The summed E-state index contributed by atoms with van der Waals surface area (Å²) >= 11 is 5.97. The summed E-state index contributed by atoms with van der Waals surface area (Å²) < 4.78 is 35.3. The molecule has 38 heavy (non-hydrogen) atoms. The fraction of sp³-hybridized carbons (Fsp3) is 0.448. The van der Waals surface area contributed by atoms with E-state index in [1.165, 1.54) is 12.1 Å². The van der Waals surface area contributed by atoms with E-state index in [4.69, 9.17) is 16.3 Å². The molecular weight excluding hydrogens is 512 g/mol. The van der Waals surface area contributed by atoms with Gasteiger partial charge in [-0.1, -0.05) is 17.7 Å². The average molecular weight is 544 g/mol. The molecule has 202 valence electrons. The van der Waals surface area contributed by atoms with Crippen molar-refractivity contribution in [3.05, 3.63) is 74.5 Å². The highest BCUT2D eigenvalue weighted by Crippen LogP contribution is 2.37. The molecule has 2 fully saturated rings. The lowest BCUT2D eigenvalue weighted by atomic mass is 9.86.